The number of carbonyl (C=O) groups is 1. The van der Waals surface area contributed by atoms with E-state index in [1.165, 1.54) is 24.5 Å². The first-order valence-electron chi connectivity index (χ1n) is 12.7. The van der Waals surface area contributed by atoms with Gasteiger partial charge in [0.25, 0.3) is 0 Å². The van der Waals surface area contributed by atoms with E-state index in [1.807, 2.05) is 6.92 Å². The zero-order chi connectivity index (χ0) is 27.7. The molecule has 2 N–H and O–H groups in total. The number of guanidine groups is 1. The van der Waals surface area contributed by atoms with E-state index in [4.69, 9.17) is 4.74 Å². The third kappa shape index (κ3) is 7.63. The highest BCUT2D eigenvalue weighted by Gasteiger charge is 2.32. The summed E-state index contributed by atoms with van der Waals surface area (Å²) >= 11 is 0. The van der Waals surface area contributed by atoms with Crippen molar-refractivity contribution in [3.63, 3.8) is 0 Å². The van der Waals surface area contributed by atoms with Gasteiger partial charge in [-0.25, -0.2) is 4.90 Å². The average Bonchev–Trinajstić information content (AvgIpc) is 2.89. The molecule has 0 heterocycles. The molecule has 0 unspecified atom stereocenters. The Kier molecular flexibility index (Phi) is 9.99. The van der Waals surface area contributed by atoms with Gasteiger partial charge in [-0.3, -0.25) is 9.79 Å². The summed E-state index contributed by atoms with van der Waals surface area (Å²) in [5.41, 5.74) is 0.704. The molecule has 1 aliphatic rings. The van der Waals surface area contributed by atoms with Crippen LogP contribution < -0.4 is 10.1 Å². The van der Waals surface area contributed by atoms with E-state index in [0.29, 0.717) is 47.4 Å². The van der Waals surface area contributed by atoms with Gasteiger partial charge in [0, 0.05) is 18.7 Å². The zero-order valence-corrected chi connectivity index (χ0v) is 21.6. The molecule has 2 aromatic rings. The third-order valence-corrected chi connectivity index (χ3v) is 6.61. The first-order chi connectivity index (χ1) is 18.2. The summed E-state index contributed by atoms with van der Waals surface area (Å²) in [6.07, 6.45) is 2.88. The van der Waals surface area contributed by atoms with Crippen molar-refractivity contribution in [2.45, 2.75) is 58.2 Å². The molecule has 1 aliphatic carbocycles. The summed E-state index contributed by atoms with van der Waals surface area (Å²) in [7, 11) is 1.43. The average molecular weight is 531 g/mol. The fraction of sp³-hybridized carbons (Fsp3) is 0.464. The van der Waals surface area contributed by atoms with Crippen LogP contribution in [0.3, 0.4) is 0 Å². The van der Waals surface area contributed by atoms with Crippen LogP contribution in [0, 0.1) is 17.4 Å². The summed E-state index contributed by atoms with van der Waals surface area (Å²) in [4.78, 5) is 17.2. The molecule has 0 saturated heterocycles. The van der Waals surface area contributed by atoms with Gasteiger partial charge in [0.05, 0.1) is 25.6 Å². The van der Waals surface area contributed by atoms with Crippen LogP contribution in [0.2, 0.25) is 0 Å². The molecule has 0 amide bonds. The molecule has 38 heavy (non-hydrogen) atoms. The second-order valence-corrected chi connectivity index (χ2v) is 9.36. The van der Waals surface area contributed by atoms with Crippen LogP contribution in [0.15, 0.2) is 41.4 Å². The lowest BCUT2D eigenvalue weighted by Crippen LogP contribution is -2.38. The minimum atomic E-state index is -4.58. The van der Waals surface area contributed by atoms with Crippen molar-refractivity contribution in [3.05, 3.63) is 53.1 Å². The topological polar surface area (TPSA) is 98.0 Å². The Morgan fingerprint density at radius 3 is 2.53 bits per heavy atom. The molecule has 0 aromatic heterocycles. The number of nitriles is 1. The Hall–Kier alpha value is -3.74. The van der Waals surface area contributed by atoms with Gasteiger partial charge >= 0.3 is 12.1 Å². The SMILES string of the molecule is CCNC(=NCC1CCCCC1)N(C#N)Cc1cc(C(F)(F)F)ccc1-c1cc(CC(=O)O)ccc1OC. The number of ether oxygens (including phenoxy) is 1. The summed E-state index contributed by atoms with van der Waals surface area (Å²) in [5.74, 6) is 0.0780. The molecule has 0 bridgehead atoms. The molecule has 1 saturated carbocycles. The third-order valence-electron chi connectivity index (χ3n) is 6.61. The summed E-state index contributed by atoms with van der Waals surface area (Å²) in [6, 6.07) is 8.12. The molecule has 7 nitrogen and oxygen atoms in total. The van der Waals surface area contributed by atoms with Crippen molar-refractivity contribution in [3.8, 4) is 23.1 Å². The van der Waals surface area contributed by atoms with Crippen molar-refractivity contribution in [2.75, 3.05) is 20.2 Å². The van der Waals surface area contributed by atoms with Crippen LogP contribution in [-0.2, 0) is 23.9 Å². The second kappa shape index (κ2) is 13.2. The summed E-state index contributed by atoms with van der Waals surface area (Å²) in [6.45, 7) is 2.72. The fourth-order valence-electron chi connectivity index (χ4n) is 4.72. The first-order valence-corrected chi connectivity index (χ1v) is 12.7. The lowest BCUT2D eigenvalue weighted by molar-refractivity contribution is -0.138. The second-order valence-electron chi connectivity index (χ2n) is 9.36. The lowest BCUT2D eigenvalue weighted by Gasteiger charge is -2.24. The van der Waals surface area contributed by atoms with Gasteiger partial charge in [0.1, 0.15) is 5.75 Å². The fourth-order valence-corrected chi connectivity index (χ4v) is 4.72. The number of methoxy groups -OCH3 is 1. The lowest BCUT2D eigenvalue weighted by atomic mass is 9.89. The number of rotatable bonds is 9. The highest BCUT2D eigenvalue weighted by atomic mass is 19.4. The molecular weight excluding hydrogens is 497 g/mol. The Morgan fingerprint density at radius 1 is 1.18 bits per heavy atom. The van der Waals surface area contributed by atoms with Gasteiger partial charge in [-0.1, -0.05) is 31.4 Å². The molecule has 10 heteroatoms. The van der Waals surface area contributed by atoms with Crippen molar-refractivity contribution >= 4 is 11.9 Å². The van der Waals surface area contributed by atoms with Gasteiger partial charge in [0.15, 0.2) is 6.19 Å². The van der Waals surface area contributed by atoms with Crippen LogP contribution in [0.4, 0.5) is 13.2 Å². The Bertz CT molecular complexity index is 1180. The van der Waals surface area contributed by atoms with E-state index < -0.39 is 17.7 Å². The molecular formula is C28H33F3N4O3. The minimum Gasteiger partial charge on any atom is -0.496 e. The number of alkyl halides is 3. The van der Waals surface area contributed by atoms with Gasteiger partial charge < -0.3 is 15.2 Å². The molecule has 0 spiro atoms. The number of aliphatic carboxylic acids is 1. The van der Waals surface area contributed by atoms with Crippen LogP contribution in [-0.4, -0.2) is 42.1 Å². The molecule has 204 valence electrons. The highest BCUT2D eigenvalue weighted by molar-refractivity contribution is 5.82. The molecule has 1 fully saturated rings. The number of carboxylic acid groups (broad SMARTS) is 1. The van der Waals surface area contributed by atoms with Crippen molar-refractivity contribution in [1.82, 2.24) is 10.2 Å². The van der Waals surface area contributed by atoms with E-state index in [2.05, 4.69) is 16.5 Å². The maximum Gasteiger partial charge on any atom is 0.416 e. The van der Waals surface area contributed by atoms with Gasteiger partial charge in [-0.15, -0.1) is 0 Å². The van der Waals surface area contributed by atoms with Gasteiger partial charge in [0.2, 0.25) is 5.96 Å². The number of hydrogen-bond acceptors (Lipinski definition) is 4. The predicted octanol–water partition coefficient (Wildman–Crippen LogP) is 5.84. The van der Waals surface area contributed by atoms with Crippen LogP contribution in [0.25, 0.3) is 11.1 Å². The van der Waals surface area contributed by atoms with Gasteiger partial charge in [-0.2, -0.15) is 18.4 Å². The van der Waals surface area contributed by atoms with Crippen molar-refractivity contribution in [2.24, 2.45) is 10.9 Å². The number of aliphatic imine (C=N–C) groups is 1. The maximum atomic E-state index is 13.7. The number of nitrogens with one attached hydrogen (secondary N) is 1. The number of carboxylic acids is 1. The number of nitrogens with zero attached hydrogens (tertiary/aromatic N) is 3. The predicted molar refractivity (Wildman–Crippen MR) is 138 cm³/mol. The van der Waals surface area contributed by atoms with Crippen LogP contribution in [0.1, 0.15) is 55.7 Å². The Balaban J connectivity index is 2.05. The maximum absolute atomic E-state index is 13.7. The smallest absolute Gasteiger partial charge is 0.416 e. The standard InChI is InChI=1S/C28H33F3N4O3/c1-3-33-27(34-16-19-7-5-4-6-8-19)35(18-32)17-21-15-22(28(29,30)31)10-11-23(21)24-13-20(14-26(36)37)9-12-25(24)38-2/h9-13,15,19H,3-8,14,16-17H2,1-2H3,(H,33,34)(H,36,37). The van der Waals surface area contributed by atoms with Crippen molar-refractivity contribution < 1.29 is 27.8 Å². The minimum absolute atomic E-state index is 0.168. The van der Waals surface area contributed by atoms with E-state index >= 15 is 0 Å². The first kappa shape index (κ1) is 28.8. The quantitative estimate of drug-likeness (QED) is 0.183. The Labute approximate surface area is 220 Å². The van der Waals surface area contributed by atoms with Crippen molar-refractivity contribution in [1.29, 1.82) is 5.26 Å². The summed E-state index contributed by atoms with van der Waals surface area (Å²) in [5, 5.41) is 22.3. The molecule has 0 atom stereocenters. The highest BCUT2D eigenvalue weighted by Crippen LogP contribution is 2.38. The van der Waals surface area contributed by atoms with E-state index in [9.17, 15) is 28.3 Å². The van der Waals surface area contributed by atoms with Crippen LogP contribution in [0.5, 0.6) is 5.75 Å². The zero-order valence-electron chi connectivity index (χ0n) is 21.6. The Morgan fingerprint density at radius 2 is 1.92 bits per heavy atom. The number of benzene rings is 2. The number of halogens is 3. The van der Waals surface area contributed by atoms with E-state index in [1.54, 1.807) is 18.2 Å². The largest absolute Gasteiger partial charge is 0.496 e. The van der Waals surface area contributed by atoms with Gasteiger partial charge in [-0.05, 0) is 66.6 Å². The van der Waals surface area contributed by atoms with Crippen LogP contribution >= 0.6 is 0 Å². The normalized spacial score (nSPS) is 14.6. The van der Waals surface area contributed by atoms with E-state index in [0.717, 1.165) is 37.8 Å². The number of hydrogen-bond donors (Lipinski definition) is 2. The molecule has 2 aromatic carbocycles. The monoisotopic (exact) mass is 530 g/mol. The summed E-state index contributed by atoms with van der Waals surface area (Å²) < 4.78 is 46.5. The molecule has 0 radical (unpaired) electrons. The molecule has 0 aliphatic heterocycles. The van der Waals surface area contributed by atoms with E-state index in [-0.39, 0.29) is 18.5 Å². The molecule has 3 rings (SSSR count).